The molecule has 1 aromatic carbocycles. The number of hydrogen-bond acceptors (Lipinski definition) is 2. The van der Waals surface area contributed by atoms with Crippen LogP contribution in [0.15, 0.2) is 42.6 Å². The zero-order chi connectivity index (χ0) is 13.2. The molecule has 1 heterocycles. The fourth-order valence-electron chi connectivity index (χ4n) is 1.57. The van der Waals surface area contributed by atoms with Gasteiger partial charge < -0.3 is 5.73 Å². The lowest BCUT2D eigenvalue weighted by molar-refractivity contribution is -0.137. The van der Waals surface area contributed by atoms with Crippen molar-refractivity contribution in [3.8, 4) is 11.3 Å². The van der Waals surface area contributed by atoms with Gasteiger partial charge in [-0.05, 0) is 23.8 Å². The van der Waals surface area contributed by atoms with E-state index in [1.165, 1.54) is 6.07 Å². The predicted molar refractivity (Wildman–Crippen MR) is 62.6 cm³/mol. The first-order valence-corrected chi connectivity index (χ1v) is 5.33. The minimum Gasteiger partial charge on any atom is -0.326 e. The maximum absolute atomic E-state index is 12.6. The fourth-order valence-corrected chi connectivity index (χ4v) is 1.57. The number of rotatable bonds is 2. The molecule has 0 spiro atoms. The van der Waals surface area contributed by atoms with Gasteiger partial charge in [0.05, 0.1) is 11.3 Å². The van der Waals surface area contributed by atoms with Gasteiger partial charge in [0.25, 0.3) is 0 Å². The van der Waals surface area contributed by atoms with Crippen molar-refractivity contribution in [3.05, 3.63) is 53.7 Å². The van der Waals surface area contributed by atoms with Crippen molar-refractivity contribution in [2.24, 2.45) is 5.73 Å². The van der Waals surface area contributed by atoms with Crippen LogP contribution >= 0.6 is 0 Å². The predicted octanol–water partition coefficient (Wildman–Crippen LogP) is 3.23. The van der Waals surface area contributed by atoms with E-state index in [-0.39, 0.29) is 0 Å². The molecule has 18 heavy (non-hydrogen) atoms. The summed E-state index contributed by atoms with van der Waals surface area (Å²) in [6, 6.07) is 8.51. The van der Waals surface area contributed by atoms with Gasteiger partial charge in [-0.3, -0.25) is 4.98 Å². The Bertz CT molecular complexity index is 533. The number of aromatic nitrogens is 1. The van der Waals surface area contributed by atoms with Crippen molar-refractivity contribution in [2.45, 2.75) is 12.7 Å². The Hall–Kier alpha value is -1.88. The van der Waals surface area contributed by atoms with E-state index < -0.39 is 11.7 Å². The van der Waals surface area contributed by atoms with Gasteiger partial charge >= 0.3 is 6.18 Å². The first-order valence-electron chi connectivity index (χ1n) is 5.33. The maximum atomic E-state index is 12.6. The molecule has 0 bridgehead atoms. The van der Waals surface area contributed by atoms with Crippen LogP contribution in [0.4, 0.5) is 13.2 Å². The summed E-state index contributed by atoms with van der Waals surface area (Å²) < 4.78 is 37.7. The van der Waals surface area contributed by atoms with Crippen molar-refractivity contribution < 1.29 is 13.2 Å². The summed E-state index contributed by atoms with van der Waals surface area (Å²) in [5.74, 6) is 0. The molecule has 0 amide bonds. The first-order chi connectivity index (χ1) is 8.50. The molecule has 0 radical (unpaired) electrons. The van der Waals surface area contributed by atoms with E-state index in [0.29, 0.717) is 17.8 Å². The molecule has 2 rings (SSSR count). The maximum Gasteiger partial charge on any atom is 0.416 e. The molecule has 94 valence electrons. The number of pyridine rings is 1. The standard InChI is InChI=1S/C13H11F3N2/c14-13(15,16)11-3-1-2-10(6-11)12-5-4-9(7-17)8-18-12/h1-6,8H,7,17H2. The summed E-state index contributed by atoms with van der Waals surface area (Å²) in [7, 11) is 0. The minimum atomic E-state index is -4.34. The van der Waals surface area contributed by atoms with E-state index in [1.807, 2.05) is 0 Å². The molecule has 1 aromatic heterocycles. The molecular formula is C13H11F3N2. The molecule has 0 atom stereocenters. The molecule has 0 aliphatic rings. The van der Waals surface area contributed by atoms with Gasteiger partial charge in [-0.15, -0.1) is 0 Å². The molecule has 2 nitrogen and oxygen atoms in total. The monoisotopic (exact) mass is 252 g/mol. The highest BCUT2D eigenvalue weighted by atomic mass is 19.4. The molecule has 0 fully saturated rings. The second-order valence-corrected chi connectivity index (χ2v) is 3.83. The number of nitrogens with zero attached hydrogens (tertiary/aromatic N) is 1. The van der Waals surface area contributed by atoms with Crippen LogP contribution in [0.5, 0.6) is 0 Å². The Morgan fingerprint density at radius 2 is 1.89 bits per heavy atom. The van der Waals surface area contributed by atoms with E-state index in [1.54, 1.807) is 24.4 Å². The number of nitrogens with two attached hydrogens (primary N) is 1. The van der Waals surface area contributed by atoms with Crippen LogP contribution in [0.3, 0.4) is 0 Å². The highest BCUT2D eigenvalue weighted by Crippen LogP contribution is 2.31. The lowest BCUT2D eigenvalue weighted by Gasteiger charge is -2.08. The topological polar surface area (TPSA) is 38.9 Å². The Balaban J connectivity index is 2.38. The Morgan fingerprint density at radius 1 is 1.11 bits per heavy atom. The Morgan fingerprint density at radius 3 is 2.44 bits per heavy atom. The van der Waals surface area contributed by atoms with Crippen molar-refractivity contribution in [2.75, 3.05) is 0 Å². The molecule has 5 heteroatoms. The number of benzene rings is 1. The summed E-state index contributed by atoms with van der Waals surface area (Å²) in [6.45, 7) is 0.357. The number of halogens is 3. The number of alkyl halides is 3. The third kappa shape index (κ3) is 2.68. The highest BCUT2D eigenvalue weighted by molar-refractivity contribution is 5.60. The Labute approximate surface area is 102 Å². The average Bonchev–Trinajstić information content (AvgIpc) is 2.38. The third-order valence-corrected chi connectivity index (χ3v) is 2.55. The lowest BCUT2D eigenvalue weighted by Crippen LogP contribution is -2.04. The second kappa shape index (κ2) is 4.78. The van der Waals surface area contributed by atoms with Crippen LogP contribution in [-0.4, -0.2) is 4.98 Å². The van der Waals surface area contributed by atoms with Crippen LogP contribution in [-0.2, 0) is 12.7 Å². The lowest BCUT2D eigenvalue weighted by atomic mass is 10.1. The van der Waals surface area contributed by atoms with Gasteiger partial charge in [-0.1, -0.05) is 18.2 Å². The van der Waals surface area contributed by atoms with Crippen LogP contribution < -0.4 is 5.73 Å². The molecule has 2 aromatic rings. The molecule has 0 saturated heterocycles. The summed E-state index contributed by atoms with van der Waals surface area (Å²) in [6.07, 6.45) is -2.77. The SMILES string of the molecule is NCc1ccc(-c2cccc(C(F)(F)F)c2)nc1. The van der Waals surface area contributed by atoms with E-state index >= 15 is 0 Å². The van der Waals surface area contributed by atoms with Gasteiger partial charge in [-0.2, -0.15) is 13.2 Å². The van der Waals surface area contributed by atoms with Crippen LogP contribution in [0.2, 0.25) is 0 Å². The zero-order valence-corrected chi connectivity index (χ0v) is 9.41. The van der Waals surface area contributed by atoms with Gasteiger partial charge in [0.1, 0.15) is 0 Å². The highest BCUT2D eigenvalue weighted by Gasteiger charge is 2.30. The summed E-state index contributed by atoms with van der Waals surface area (Å²) in [5.41, 5.74) is 6.53. The Kier molecular flexibility index (Phi) is 3.34. The van der Waals surface area contributed by atoms with Crippen molar-refractivity contribution in [1.82, 2.24) is 4.98 Å². The fraction of sp³-hybridized carbons (Fsp3) is 0.154. The van der Waals surface area contributed by atoms with Gasteiger partial charge in [0.15, 0.2) is 0 Å². The second-order valence-electron chi connectivity index (χ2n) is 3.83. The summed E-state index contributed by atoms with van der Waals surface area (Å²) >= 11 is 0. The molecular weight excluding hydrogens is 241 g/mol. The normalized spacial score (nSPS) is 11.6. The van der Waals surface area contributed by atoms with Crippen LogP contribution in [0, 0.1) is 0 Å². The van der Waals surface area contributed by atoms with Gasteiger partial charge in [-0.25, -0.2) is 0 Å². The van der Waals surface area contributed by atoms with Crippen molar-refractivity contribution in [3.63, 3.8) is 0 Å². The molecule has 0 aliphatic heterocycles. The average molecular weight is 252 g/mol. The van der Waals surface area contributed by atoms with Crippen LogP contribution in [0.25, 0.3) is 11.3 Å². The van der Waals surface area contributed by atoms with E-state index in [0.717, 1.165) is 17.7 Å². The quantitative estimate of drug-likeness (QED) is 0.891. The number of hydrogen-bond donors (Lipinski definition) is 1. The van der Waals surface area contributed by atoms with Gasteiger partial charge in [0.2, 0.25) is 0 Å². The summed E-state index contributed by atoms with van der Waals surface area (Å²) in [5, 5.41) is 0. The molecule has 2 N–H and O–H groups in total. The molecule has 0 aliphatic carbocycles. The van der Waals surface area contributed by atoms with Crippen molar-refractivity contribution in [1.29, 1.82) is 0 Å². The van der Waals surface area contributed by atoms with E-state index in [4.69, 9.17) is 5.73 Å². The minimum absolute atomic E-state index is 0.357. The smallest absolute Gasteiger partial charge is 0.326 e. The van der Waals surface area contributed by atoms with Gasteiger partial charge in [0, 0.05) is 18.3 Å². The zero-order valence-electron chi connectivity index (χ0n) is 9.41. The van der Waals surface area contributed by atoms with E-state index in [2.05, 4.69) is 4.98 Å². The van der Waals surface area contributed by atoms with Crippen molar-refractivity contribution >= 4 is 0 Å². The third-order valence-electron chi connectivity index (χ3n) is 2.55. The summed E-state index contributed by atoms with van der Waals surface area (Å²) in [4.78, 5) is 4.10. The molecule has 0 unspecified atom stereocenters. The molecule has 0 saturated carbocycles. The van der Waals surface area contributed by atoms with Crippen LogP contribution in [0.1, 0.15) is 11.1 Å². The van der Waals surface area contributed by atoms with E-state index in [9.17, 15) is 13.2 Å². The first kappa shape index (κ1) is 12.6. The largest absolute Gasteiger partial charge is 0.416 e.